The van der Waals surface area contributed by atoms with Crippen molar-refractivity contribution in [2.45, 2.75) is 57.7 Å². The van der Waals surface area contributed by atoms with Crippen LogP contribution in [-0.4, -0.2) is 52.0 Å². The number of nitrogens with two attached hydrogens (primary N) is 1. The van der Waals surface area contributed by atoms with Gasteiger partial charge in [-0.2, -0.15) is 0 Å². The molecule has 0 aliphatic carbocycles. The first kappa shape index (κ1) is 19.2. The Morgan fingerprint density at radius 2 is 2.20 bits per heavy atom. The number of nitrogens with one attached hydrogen (secondary N) is 1. The summed E-state index contributed by atoms with van der Waals surface area (Å²) in [4.78, 5) is 42.2. The molecule has 0 aromatic carbocycles. The minimum absolute atomic E-state index is 0.226. The molecule has 1 fully saturated rings. The minimum atomic E-state index is -0.864. The van der Waals surface area contributed by atoms with Gasteiger partial charge >= 0.3 is 6.09 Å². The summed E-state index contributed by atoms with van der Waals surface area (Å²) in [6.45, 7) is 5.67. The monoisotopic (exact) mass is 368 g/mol. The summed E-state index contributed by atoms with van der Waals surface area (Å²) >= 11 is 1.41. The van der Waals surface area contributed by atoms with Gasteiger partial charge in [-0.25, -0.2) is 9.78 Å². The summed E-state index contributed by atoms with van der Waals surface area (Å²) < 4.78 is 5.24. The summed E-state index contributed by atoms with van der Waals surface area (Å²) in [5, 5.41) is 4.42. The van der Waals surface area contributed by atoms with E-state index in [1.54, 1.807) is 26.3 Å². The number of aromatic nitrogens is 1. The third-order valence-corrected chi connectivity index (χ3v) is 4.39. The fourth-order valence-electron chi connectivity index (χ4n) is 2.72. The molecule has 1 unspecified atom stereocenters. The van der Waals surface area contributed by atoms with Crippen molar-refractivity contribution in [2.75, 3.05) is 6.54 Å². The van der Waals surface area contributed by atoms with Gasteiger partial charge in [0.2, 0.25) is 11.8 Å². The van der Waals surface area contributed by atoms with Gasteiger partial charge in [-0.15, -0.1) is 11.3 Å². The first-order valence-corrected chi connectivity index (χ1v) is 9.08. The van der Waals surface area contributed by atoms with Crippen LogP contribution in [0.4, 0.5) is 4.79 Å². The predicted octanol–water partition coefficient (Wildman–Crippen LogP) is 1.06. The van der Waals surface area contributed by atoms with Gasteiger partial charge in [-0.1, -0.05) is 0 Å². The first-order valence-electron chi connectivity index (χ1n) is 8.14. The zero-order valence-electron chi connectivity index (χ0n) is 14.7. The van der Waals surface area contributed by atoms with E-state index in [1.165, 1.54) is 16.2 Å². The molecule has 138 valence electrons. The number of thiazole rings is 1. The Hall–Kier alpha value is -2.16. The van der Waals surface area contributed by atoms with Gasteiger partial charge in [0.15, 0.2) is 0 Å². The molecule has 1 aromatic heterocycles. The average Bonchev–Trinajstić information content (AvgIpc) is 3.14. The van der Waals surface area contributed by atoms with Crippen LogP contribution < -0.4 is 11.1 Å². The molecule has 0 bridgehead atoms. The fourth-order valence-corrected chi connectivity index (χ4v) is 3.30. The Bertz CT molecular complexity index is 627. The van der Waals surface area contributed by atoms with Crippen LogP contribution in [0.2, 0.25) is 0 Å². The largest absolute Gasteiger partial charge is 0.444 e. The van der Waals surface area contributed by atoms with E-state index >= 15 is 0 Å². The number of primary amides is 1. The summed E-state index contributed by atoms with van der Waals surface area (Å²) in [6, 6.07) is -1.50. The van der Waals surface area contributed by atoms with E-state index in [4.69, 9.17) is 10.5 Å². The van der Waals surface area contributed by atoms with Crippen LogP contribution in [0.5, 0.6) is 0 Å². The van der Waals surface area contributed by atoms with E-state index in [0.29, 0.717) is 25.1 Å². The van der Waals surface area contributed by atoms with E-state index < -0.39 is 29.7 Å². The molecule has 2 atom stereocenters. The fraction of sp³-hybridized carbons (Fsp3) is 0.625. The quantitative estimate of drug-likeness (QED) is 0.806. The second-order valence-corrected chi connectivity index (χ2v) is 7.69. The van der Waals surface area contributed by atoms with Crippen molar-refractivity contribution >= 4 is 29.2 Å². The lowest BCUT2D eigenvalue weighted by Gasteiger charge is -2.28. The van der Waals surface area contributed by atoms with Gasteiger partial charge in [0, 0.05) is 18.3 Å². The van der Waals surface area contributed by atoms with Crippen molar-refractivity contribution < 1.29 is 19.1 Å². The maximum absolute atomic E-state index is 12.9. The highest BCUT2D eigenvalue weighted by molar-refractivity contribution is 7.07. The second-order valence-electron chi connectivity index (χ2n) is 6.97. The van der Waals surface area contributed by atoms with Crippen LogP contribution in [0.3, 0.4) is 0 Å². The Kier molecular flexibility index (Phi) is 5.99. The van der Waals surface area contributed by atoms with Crippen LogP contribution in [0.1, 0.15) is 39.3 Å². The van der Waals surface area contributed by atoms with Crippen LogP contribution in [0, 0.1) is 0 Å². The van der Waals surface area contributed by atoms with Crippen molar-refractivity contribution in [1.82, 2.24) is 15.2 Å². The molecule has 1 aliphatic rings. The molecule has 25 heavy (non-hydrogen) atoms. The van der Waals surface area contributed by atoms with Crippen molar-refractivity contribution in [3.05, 3.63) is 16.6 Å². The molecule has 1 saturated heterocycles. The van der Waals surface area contributed by atoms with Gasteiger partial charge in [0.25, 0.3) is 0 Å². The van der Waals surface area contributed by atoms with E-state index in [0.717, 1.165) is 0 Å². The highest BCUT2D eigenvalue weighted by Crippen LogP contribution is 2.19. The molecule has 0 radical (unpaired) electrons. The standard InChI is InChI=1S/C16H24N4O4S/c1-16(2,3)24-15(23)19-11(7-10-8-25-9-18-10)14(22)20-6-4-5-12(20)13(17)21/h8-9,11-12H,4-7H2,1-3H3,(H2,17,21)(H,19,23)/t11?,12-/m0/s1. The maximum atomic E-state index is 12.9. The van der Waals surface area contributed by atoms with Crippen LogP contribution in [-0.2, 0) is 20.7 Å². The molecule has 1 aliphatic heterocycles. The van der Waals surface area contributed by atoms with Gasteiger partial charge in [-0.3, -0.25) is 9.59 Å². The Morgan fingerprint density at radius 3 is 2.76 bits per heavy atom. The van der Waals surface area contributed by atoms with Gasteiger partial charge < -0.3 is 20.7 Å². The topological polar surface area (TPSA) is 115 Å². The Labute approximate surface area is 150 Å². The lowest BCUT2D eigenvalue weighted by Crippen LogP contribution is -2.54. The lowest BCUT2D eigenvalue weighted by molar-refractivity contribution is -0.139. The van der Waals surface area contributed by atoms with E-state index in [1.807, 2.05) is 5.38 Å². The number of hydrogen-bond donors (Lipinski definition) is 2. The second kappa shape index (κ2) is 7.81. The van der Waals surface area contributed by atoms with Crippen LogP contribution in [0.15, 0.2) is 10.9 Å². The third-order valence-electron chi connectivity index (χ3n) is 3.75. The number of carbonyl (C=O) groups is 3. The molecule has 8 nitrogen and oxygen atoms in total. The number of likely N-dealkylation sites (tertiary alicyclic amines) is 1. The molecule has 3 amide bonds. The van der Waals surface area contributed by atoms with E-state index in [2.05, 4.69) is 10.3 Å². The third kappa shape index (κ3) is 5.42. The normalized spacial score (nSPS) is 18.7. The average molecular weight is 368 g/mol. The van der Waals surface area contributed by atoms with Gasteiger partial charge in [0.05, 0.1) is 11.2 Å². The number of alkyl carbamates (subject to hydrolysis) is 1. The summed E-state index contributed by atoms with van der Waals surface area (Å²) in [5.41, 5.74) is 7.06. The van der Waals surface area contributed by atoms with Crippen molar-refractivity contribution in [3.63, 3.8) is 0 Å². The van der Waals surface area contributed by atoms with Crippen LogP contribution in [0.25, 0.3) is 0 Å². The van der Waals surface area contributed by atoms with Crippen molar-refractivity contribution in [1.29, 1.82) is 0 Å². The van der Waals surface area contributed by atoms with E-state index in [-0.39, 0.29) is 12.3 Å². The van der Waals surface area contributed by atoms with Crippen molar-refractivity contribution in [3.8, 4) is 0 Å². The number of rotatable bonds is 5. The first-order chi connectivity index (χ1) is 11.7. The van der Waals surface area contributed by atoms with E-state index in [9.17, 15) is 14.4 Å². The zero-order valence-corrected chi connectivity index (χ0v) is 15.5. The summed E-state index contributed by atoms with van der Waals surface area (Å²) in [6.07, 6.45) is 0.784. The molecule has 2 rings (SSSR count). The smallest absolute Gasteiger partial charge is 0.408 e. The predicted molar refractivity (Wildman–Crippen MR) is 92.9 cm³/mol. The minimum Gasteiger partial charge on any atom is -0.444 e. The molecule has 2 heterocycles. The number of carbonyl (C=O) groups excluding carboxylic acids is 3. The zero-order chi connectivity index (χ0) is 18.6. The Balaban J connectivity index is 2.14. The lowest BCUT2D eigenvalue weighted by atomic mass is 10.1. The van der Waals surface area contributed by atoms with Gasteiger partial charge in [-0.05, 0) is 33.6 Å². The highest BCUT2D eigenvalue weighted by atomic mass is 32.1. The summed E-state index contributed by atoms with van der Waals surface area (Å²) in [7, 11) is 0. The summed E-state index contributed by atoms with van der Waals surface area (Å²) in [5.74, 6) is -0.879. The number of ether oxygens (including phenoxy) is 1. The molecule has 1 aromatic rings. The molecular weight excluding hydrogens is 344 g/mol. The molecule has 0 spiro atoms. The maximum Gasteiger partial charge on any atom is 0.408 e. The van der Waals surface area contributed by atoms with Gasteiger partial charge in [0.1, 0.15) is 17.7 Å². The molecule has 0 saturated carbocycles. The highest BCUT2D eigenvalue weighted by Gasteiger charge is 2.37. The number of nitrogens with zero attached hydrogens (tertiary/aromatic N) is 2. The molecule has 3 N–H and O–H groups in total. The molecule has 9 heteroatoms. The number of amides is 3. The number of hydrogen-bond acceptors (Lipinski definition) is 6. The van der Waals surface area contributed by atoms with Crippen molar-refractivity contribution in [2.24, 2.45) is 5.73 Å². The SMILES string of the molecule is CC(C)(C)OC(=O)NC(Cc1cscn1)C(=O)N1CCC[C@H]1C(N)=O. The molecular formula is C16H24N4O4S. The van der Waals surface area contributed by atoms with Crippen LogP contribution >= 0.6 is 11.3 Å². The Morgan fingerprint density at radius 1 is 1.48 bits per heavy atom.